The van der Waals surface area contributed by atoms with Crippen LogP contribution in [0.4, 0.5) is 5.82 Å². The minimum absolute atomic E-state index is 0.0387. The van der Waals surface area contributed by atoms with Crippen molar-refractivity contribution in [3.8, 4) is 5.75 Å². The number of nitrogens with two attached hydrogens (primary N) is 1. The maximum absolute atomic E-state index is 6.18. The van der Waals surface area contributed by atoms with E-state index in [0.29, 0.717) is 5.82 Å². The molecule has 20 heavy (non-hydrogen) atoms. The average molecular weight is 272 g/mol. The standard InChI is InChI=1S/C15H20N4O/c1-15(2)13(6-7-19(15)3)20-11-5-4-10-9-17-18-14(16)12(10)8-11/h4-5,8-9,13H,6-7H2,1-3H3,(H2,16,18). The Labute approximate surface area is 118 Å². The summed E-state index contributed by atoms with van der Waals surface area (Å²) in [5.41, 5.74) is 5.91. The molecule has 0 spiro atoms. The first kappa shape index (κ1) is 13.1. The molecule has 5 heteroatoms. The van der Waals surface area contributed by atoms with Crippen LogP contribution in [0.3, 0.4) is 0 Å². The van der Waals surface area contributed by atoms with Gasteiger partial charge in [0.15, 0.2) is 5.82 Å². The van der Waals surface area contributed by atoms with Gasteiger partial charge in [-0.25, -0.2) is 0 Å². The molecule has 106 valence electrons. The van der Waals surface area contributed by atoms with Gasteiger partial charge < -0.3 is 10.5 Å². The van der Waals surface area contributed by atoms with Gasteiger partial charge in [-0.3, -0.25) is 4.90 Å². The number of nitrogen functional groups attached to an aromatic ring is 1. The number of likely N-dealkylation sites (N-methyl/N-ethyl adjacent to an activating group) is 1. The molecule has 0 aliphatic carbocycles. The van der Waals surface area contributed by atoms with E-state index in [0.717, 1.165) is 29.5 Å². The number of hydrogen-bond donors (Lipinski definition) is 1. The largest absolute Gasteiger partial charge is 0.488 e. The second-order valence-corrected chi connectivity index (χ2v) is 5.95. The predicted molar refractivity (Wildman–Crippen MR) is 79.7 cm³/mol. The Morgan fingerprint density at radius 3 is 2.90 bits per heavy atom. The van der Waals surface area contributed by atoms with Gasteiger partial charge in [-0.2, -0.15) is 5.10 Å². The average Bonchev–Trinajstić information content (AvgIpc) is 2.67. The van der Waals surface area contributed by atoms with Gasteiger partial charge in [-0.05, 0) is 45.5 Å². The van der Waals surface area contributed by atoms with Crippen molar-refractivity contribution < 1.29 is 4.74 Å². The molecule has 0 saturated carbocycles. The summed E-state index contributed by atoms with van der Waals surface area (Å²) in [6.45, 7) is 5.48. The summed E-state index contributed by atoms with van der Waals surface area (Å²) in [6.07, 6.45) is 2.93. The molecule has 1 aromatic heterocycles. The SMILES string of the molecule is CN1CCC(Oc2ccc3cnnc(N)c3c2)C1(C)C. The summed E-state index contributed by atoms with van der Waals surface area (Å²) in [5, 5.41) is 9.61. The van der Waals surface area contributed by atoms with Gasteiger partial charge in [0.1, 0.15) is 11.9 Å². The number of likely N-dealkylation sites (tertiary alicyclic amines) is 1. The fraction of sp³-hybridized carbons (Fsp3) is 0.467. The highest BCUT2D eigenvalue weighted by Crippen LogP contribution is 2.32. The van der Waals surface area contributed by atoms with Crippen LogP contribution in [0, 0.1) is 0 Å². The van der Waals surface area contributed by atoms with Gasteiger partial charge in [0.05, 0.1) is 11.7 Å². The van der Waals surface area contributed by atoms with Crippen LogP contribution in [0.1, 0.15) is 20.3 Å². The molecule has 1 atom stereocenters. The number of anilines is 1. The van der Waals surface area contributed by atoms with E-state index in [2.05, 4.69) is 36.0 Å². The zero-order valence-corrected chi connectivity index (χ0v) is 12.1. The minimum Gasteiger partial charge on any atom is -0.488 e. The van der Waals surface area contributed by atoms with Gasteiger partial charge in [-0.1, -0.05) is 0 Å². The molecule has 2 aromatic rings. The molecule has 1 fully saturated rings. The number of nitrogens with zero attached hydrogens (tertiary/aromatic N) is 3. The molecule has 3 rings (SSSR count). The van der Waals surface area contributed by atoms with Crippen molar-refractivity contribution in [2.75, 3.05) is 19.3 Å². The van der Waals surface area contributed by atoms with Crippen LogP contribution >= 0.6 is 0 Å². The Bertz CT molecular complexity index is 641. The Kier molecular flexibility index (Phi) is 3.01. The van der Waals surface area contributed by atoms with Crippen molar-refractivity contribution >= 4 is 16.6 Å². The van der Waals surface area contributed by atoms with E-state index < -0.39 is 0 Å². The van der Waals surface area contributed by atoms with Crippen LogP contribution in [0.25, 0.3) is 10.8 Å². The molecule has 2 N–H and O–H groups in total. The van der Waals surface area contributed by atoms with E-state index in [1.165, 1.54) is 0 Å². The fourth-order valence-corrected chi connectivity index (χ4v) is 2.72. The van der Waals surface area contributed by atoms with E-state index in [9.17, 15) is 0 Å². The van der Waals surface area contributed by atoms with E-state index in [1.54, 1.807) is 6.20 Å². The van der Waals surface area contributed by atoms with E-state index in [-0.39, 0.29) is 11.6 Å². The Balaban J connectivity index is 1.90. The summed E-state index contributed by atoms with van der Waals surface area (Å²) in [7, 11) is 2.14. The quantitative estimate of drug-likeness (QED) is 0.906. The normalized spacial score (nSPS) is 22.2. The van der Waals surface area contributed by atoms with Crippen molar-refractivity contribution in [1.29, 1.82) is 0 Å². The molecule has 0 bridgehead atoms. The van der Waals surface area contributed by atoms with Crippen molar-refractivity contribution in [2.45, 2.75) is 31.9 Å². The minimum atomic E-state index is 0.0387. The Hall–Kier alpha value is -1.88. The van der Waals surface area contributed by atoms with Gasteiger partial charge in [-0.15, -0.1) is 5.10 Å². The maximum atomic E-state index is 6.18. The van der Waals surface area contributed by atoms with Crippen LogP contribution in [0.2, 0.25) is 0 Å². The number of ether oxygens (including phenoxy) is 1. The third-order valence-corrected chi connectivity index (χ3v) is 4.44. The first-order chi connectivity index (χ1) is 9.48. The zero-order valence-electron chi connectivity index (χ0n) is 12.1. The van der Waals surface area contributed by atoms with Crippen molar-refractivity contribution in [3.63, 3.8) is 0 Å². The number of fused-ring (bicyclic) bond motifs is 1. The molecule has 1 unspecified atom stereocenters. The molecular weight excluding hydrogens is 252 g/mol. The smallest absolute Gasteiger partial charge is 0.154 e. The topological polar surface area (TPSA) is 64.3 Å². The molecule has 1 aromatic carbocycles. The van der Waals surface area contributed by atoms with Gasteiger partial charge in [0.2, 0.25) is 0 Å². The van der Waals surface area contributed by atoms with Crippen LogP contribution in [-0.4, -0.2) is 40.3 Å². The zero-order chi connectivity index (χ0) is 14.3. The molecule has 0 amide bonds. The molecule has 1 saturated heterocycles. The van der Waals surface area contributed by atoms with Crippen LogP contribution in [0.5, 0.6) is 5.75 Å². The summed E-state index contributed by atoms with van der Waals surface area (Å²) >= 11 is 0. The molecule has 0 radical (unpaired) electrons. The molecule has 2 heterocycles. The Morgan fingerprint density at radius 2 is 2.20 bits per heavy atom. The monoisotopic (exact) mass is 272 g/mol. The lowest BCUT2D eigenvalue weighted by Gasteiger charge is -2.33. The van der Waals surface area contributed by atoms with Gasteiger partial charge in [0, 0.05) is 17.3 Å². The Morgan fingerprint density at radius 1 is 1.40 bits per heavy atom. The third kappa shape index (κ3) is 2.08. The van der Waals surface area contributed by atoms with Gasteiger partial charge in [0.25, 0.3) is 0 Å². The number of benzene rings is 1. The first-order valence-electron chi connectivity index (χ1n) is 6.87. The van der Waals surface area contributed by atoms with Crippen LogP contribution < -0.4 is 10.5 Å². The molecule has 1 aliphatic rings. The second-order valence-electron chi connectivity index (χ2n) is 5.95. The highest BCUT2D eigenvalue weighted by molar-refractivity contribution is 5.91. The predicted octanol–water partition coefficient (Wildman–Crippen LogP) is 2.07. The number of hydrogen-bond acceptors (Lipinski definition) is 5. The molecule has 1 aliphatic heterocycles. The van der Waals surface area contributed by atoms with Crippen LogP contribution in [0.15, 0.2) is 24.4 Å². The lowest BCUT2D eigenvalue weighted by Crippen LogP contribution is -2.45. The van der Waals surface area contributed by atoms with Crippen molar-refractivity contribution in [1.82, 2.24) is 15.1 Å². The third-order valence-electron chi connectivity index (χ3n) is 4.44. The number of rotatable bonds is 2. The lowest BCUT2D eigenvalue weighted by molar-refractivity contribution is 0.0868. The summed E-state index contributed by atoms with van der Waals surface area (Å²) in [4.78, 5) is 2.33. The van der Waals surface area contributed by atoms with E-state index in [1.807, 2.05) is 18.2 Å². The molecular formula is C15H20N4O. The first-order valence-corrected chi connectivity index (χ1v) is 6.87. The highest BCUT2D eigenvalue weighted by atomic mass is 16.5. The van der Waals surface area contributed by atoms with Crippen molar-refractivity contribution in [3.05, 3.63) is 24.4 Å². The maximum Gasteiger partial charge on any atom is 0.154 e. The lowest BCUT2D eigenvalue weighted by atomic mass is 9.99. The van der Waals surface area contributed by atoms with Crippen LogP contribution in [-0.2, 0) is 0 Å². The number of aromatic nitrogens is 2. The summed E-state index contributed by atoms with van der Waals surface area (Å²) < 4.78 is 6.18. The summed E-state index contributed by atoms with van der Waals surface area (Å²) in [5.74, 6) is 1.28. The highest BCUT2D eigenvalue weighted by Gasteiger charge is 2.40. The second kappa shape index (κ2) is 4.59. The molecule has 5 nitrogen and oxygen atoms in total. The van der Waals surface area contributed by atoms with Crippen molar-refractivity contribution in [2.24, 2.45) is 0 Å². The van der Waals surface area contributed by atoms with E-state index in [4.69, 9.17) is 10.5 Å². The fourth-order valence-electron chi connectivity index (χ4n) is 2.72. The van der Waals surface area contributed by atoms with E-state index >= 15 is 0 Å². The van der Waals surface area contributed by atoms with Gasteiger partial charge >= 0.3 is 0 Å². The summed E-state index contributed by atoms with van der Waals surface area (Å²) in [6, 6.07) is 5.90.